The Balaban J connectivity index is -0.000000308. The van der Waals surface area contributed by atoms with E-state index >= 15 is 0 Å². The summed E-state index contributed by atoms with van der Waals surface area (Å²) in [5.41, 5.74) is 2.99. The first-order valence-electron chi connectivity index (χ1n) is 8.28. The molecule has 0 saturated heterocycles. The van der Waals surface area contributed by atoms with Gasteiger partial charge in [0.15, 0.2) is 0 Å². The van der Waals surface area contributed by atoms with Crippen molar-refractivity contribution in [2.75, 3.05) is 0 Å². The van der Waals surface area contributed by atoms with Crippen LogP contribution >= 0.6 is 0 Å². The number of unbranched alkanes of at least 4 members (excludes halogenated alkanes) is 4. The zero-order chi connectivity index (χ0) is 14.5. The van der Waals surface area contributed by atoms with Gasteiger partial charge in [0.05, 0.1) is 0 Å². The molecule has 0 fully saturated rings. The van der Waals surface area contributed by atoms with Crippen molar-refractivity contribution in [2.45, 2.75) is 65.2 Å². The minimum atomic E-state index is 0. The maximum absolute atomic E-state index is 2.24. The molecule has 0 amide bonds. The molecule has 23 heavy (non-hydrogen) atoms. The SMILES string of the molecule is CCCCC[c-]1cccc1.CCCCC[c-]1cccc1.[Cl-].[Cl-].[Hf+4]. The average molecular weight is 520 g/mol. The molecule has 0 saturated carbocycles. The van der Waals surface area contributed by atoms with Crippen LogP contribution in [0.15, 0.2) is 48.5 Å². The van der Waals surface area contributed by atoms with Gasteiger partial charge in [-0.1, -0.05) is 65.2 Å². The van der Waals surface area contributed by atoms with Crippen LogP contribution in [0.4, 0.5) is 0 Å². The minimum absolute atomic E-state index is 0. The second-order valence-corrected chi connectivity index (χ2v) is 5.50. The molecule has 128 valence electrons. The van der Waals surface area contributed by atoms with E-state index < -0.39 is 0 Å². The summed E-state index contributed by atoms with van der Waals surface area (Å²) in [5, 5.41) is 0. The third kappa shape index (κ3) is 15.4. The molecule has 3 heteroatoms. The van der Waals surface area contributed by atoms with Gasteiger partial charge in [-0.25, -0.2) is 24.3 Å². The molecular weight excluding hydrogens is 490 g/mol. The van der Waals surface area contributed by atoms with Gasteiger partial charge in [0.2, 0.25) is 0 Å². The van der Waals surface area contributed by atoms with Gasteiger partial charge in [0.25, 0.3) is 0 Å². The van der Waals surface area contributed by atoms with Crippen molar-refractivity contribution in [3.05, 3.63) is 59.7 Å². The molecule has 0 radical (unpaired) electrons. The van der Waals surface area contributed by atoms with Gasteiger partial charge in [-0.3, -0.25) is 0 Å². The van der Waals surface area contributed by atoms with E-state index in [9.17, 15) is 0 Å². The van der Waals surface area contributed by atoms with Crippen molar-refractivity contribution in [3.63, 3.8) is 0 Å². The fraction of sp³-hybridized carbons (Fsp3) is 0.500. The molecule has 2 aromatic carbocycles. The first-order valence-corrected chi connectivity index (χ1v) is 8.28. The number of hydrogen-bond acceptors (Lipinski definition) is 0. The topological polar surface area (TPSA) is 0 Å². The summed E-state index contributed by atoms with van der Waals surface area (Å²) in [6.07, 6.45) is 10.6. The molecule has 0 aliphatic rings. The molecule has 2 aromatic rings. The Kier molecular flexibility index (Phi) is 24.6. The fourth-order valence-corrected chi connectivity index (χ4v) is 2.32. The van der Waals surface area contributed by atoms with E-state index in [-0.39, 0.29) is 50.7 Å². The monoisotopic (exact) mass is 520 g/mol. The Bertz CT molecular complexity index is 353. The van der Waals surface area contributed by atoms with Gasteiger partial charge in [0, 0.05) is 0 Å². The zero-order valence-corrected chi connectivity index (χ0v) is 19.6. The number of aryl methyl sites for hydroxylation is 2. The quantitative estimate of drug-likeness (QED) is 0.267. The van der Waals surface area contributed by atoms with Crippen LogP contribution in [0, 0.1) is 0 Å². The van der Waals surface area contributed by atoms with Crippen molar-refractivity contribution >= 4 is 0 Å². The van der Waals surface area contributed by atoms with E-state index in [1.54, 1.807) is 0 Å². The van der Waals surface area contributed by atoms with Gasteiger partial charge in [0.1, 0.15) is 0 Å². The van der Waals surface area contributed by atoms with E-state index in [2.05, 4.69) is 62.4 Å². The molecule has 0 N–H and O–H groups in total. The third-order valence-corrected chi connectivity index (χ3v) is 3.60. The van der Waals surface area contributed by atoms with E-state index in [0.29, 0.717) is 0 Å². The van der Waals surface area contributed by atoms with Gasteiger partial charge < -0.3 is 24.8 Å². The van der Waals surface area contributed by atoms with Gasteiger partial charge >= 0.3 is 25.8 Å². The van der Waals surface area contributed by atoms with Crippen LogP contribution in [0.25, 0.3) is 0 Å². The number of halogens is 2. The molecule has 0 aliphatic carbocycles. The van der Waals surface area contributed by atoms with E-state index in [1.807, 2.05) is 0 Å². The Labute approximate surface area is 174 Å². The summed E-state index contributed by atoms with van der Waals surface area (Å²) in [7, 11) is 0. The van der Waals surface area contributed by atoms with Crippen molar-refractivity contribution < 1.29 is 50.7 Å². The van der Waals surface area contributed by atoms with Crippen molar-refractivity contribution in [3.8, 4) is 0 Å². The number of hydrogen-bond donors (Lipinski definition) is 0. The summed E-state index contributed by atoms with van der Waals surface area (Å²) < 4.78 is 0. The summed E-state index contributed by atoms with van der Waals surface area (Å²) in [6, 6.07) is 17.3. The Morgan fingerprint density at radius 3 is 1.13 bits per heavy atom. The van der Waals surface area contributed by atoms with E-state index in [0.717, 1.165) is 0 Å². The fourth-order valence-electron chi connectivity index (χ4n) is 2.32. The van der Waals surface area contributed by atoms with Crippen molar-refractivity contribution in [1.29, 1.82) is 0 Å². The third-order valence-electron chi connectivity index (χ3n) is 3.60. The van der Waals surface area contributed by atoms with Gasteiger partial charge in [-0.2, -0.15) is 35.4 Å². The summed E-state index contributed by atoms with van der Waals surface area (Å²) in [6.45, 7) is 4.48. The zero-order valence-electron chi connectivity index (χ0n) is 14.5. The Morgan fingerprint density at radius 1 is 0.565 bits per heavy atom. The largest absolute Gasteiger partial charge is 4.00 e. The molecule has 0 spiro atoms. The van der Waals surface area contributed by atoms with E-state index in [4.69, 9.17) is 0 Å². The molecule has 0 aliphatic heterocycles. The van der Waals surface area contributed by atoms with Crippen molar-refractivity contribution in [1.82, 2.24) is 0 Å². The molecule has 0 heterocycles. The van der Waals surface area contributed by atoms with Crippen LogP contribution in [-0.4, -0.2) is 0 Å². The van der Waals surface area contributed by atoms with Crippen LogP contribution in [-0.2, 0) is 38.7 Å². The number of rotatable bonds is 8. The maximum Gasteiger partial charge on any atom is 4.00 e. The summed E-state index contributed by atoms with van der Waals surface area (Å²) in [5.74, 6) is 0. The predicted octanol–water partition coefficient (Wildman–Crippen LogP) is 0.282. The summed E-state index contributed by atoms with van der Waals surface area (Å²) >= 11 is 0. The smallest absolute Gasteiger partial charge is 1.00 e. The molecule has 0 unspecified atom stereocenters. The van der Waals surface area contributed by atoms with Crippen molar-refractivity contribution in [2.24, 2.45) is 0 Å². The normalized spacial score (nSPS) is 8.78. The average Bonchev–Trinajstić information content (AvgIpc) is 3.13. The van der Waals surface area contributed by atoms with Crippen LogP contribution in [0.3, 0.4) is 0 Å². The molecule has 2 rings (SSSR count). The first-order chi connectivity index (χ1) is 9.86. The Morgan fingerprint density at radius 2 is 0.870 bits per heavy atom. The van der Waals surface area contributed by atoms with Crippen LogP contribution in [0.5, 0.6) is 0 Å². The standard InChI is InChI=1S/2C10H15.2ClH.Hf/c2*1-2-3-4-7-10-8-5-6-9-10;;;/h2*5-6,8-9H,2-4,7H2,1H3;2*1H;/q2*-1;;;+4/p-2. The minimum Gasteiger partial charge on any atom is -1.00 e. The molecule has 0 bridgehead atoms. The van der Waals surface area contributed by atoms with Crippen LogP contribution in [0.2, 0.25) is 0 Å². The predicted molar refractivity (Wildman–Crippen MR) is 90.5 cm³/mol. The van der Waals surface area contributed by atoms with Crippen LogP contribution in [0.1, 0.15) is 63.5 Å². The molecular formula is C20H30Cl2Hf. The second-order valence-electron chi connectivity index (χ2n) is 5.50. The molecule has 0 atom stereocenters. The Hall–Kier alpha value is 0.150. The summed E-state index contributed by atoms with van der Waals surface area (Å²) in [4.78, 5) is 0. The molecule has 0 aromatic heterocycles. The van der Waals surface area contributed by atoms with Gasteiger partial charge in [-0.05, 0) is 0 Å². The second kappa shape index (κ2) is 20.2. The molecule has 0 nitrogen and oxygen atoms in total. The van der Waals surface area contributed by atoms with Crippen LogP contribution < -0.4 is 24.8 Å². The maximum atomic E-state index is 2.24. The van der Waals surface area contributed by atoms with Gasteiger partial charge in [-0.15, -0.1) is 0 Å². The van der Waals surface area contributed by atoms with E-state index in [1.165, 1.54) is 62.5 Å². The first kappa shape index (κ1) is 28.0.